The minimum atomic E-state index is -2.26. The molecule has 3 aromatic rings. The smallest absolute Gasteiger partial charge is 0.306 e. The van der Waals surface area contributed by atoms with Crippen LogP contribution in [0.25, 0.3) is 0 Å². The van der Waals surface area contributed by atoms with E-state index in [1.54, 1.807) is 0 Å². The van der Waals surface area contributed by atoms with Crippen LogP contribution in [0.15, 0.2) is 24.7 Å². The number of amides is 1. The predicted octanol–water partition coefficient (Wildman–Crippen LogP) is 2.76. The fourth-order valence-corrected chi connectivity index (χ4v) is 2.46. The number of nitro groups is 1. The number of nitrogens with zero attached hydrogens (tertiary/aromatic N) is 5. The number of carbonyl (C=O) groups is 1. The summed E-state index contributed by atoms with van der Waals surface area (Å²) in [5.41, 5.74) is -1.31. The SMILES string of the molecule is O=C(CCn1cc([N+](=O)[O-])cn1)Nc1ccn(Cc2c(F)c(F)c(F)c(F)c2F)n1. The van der Waals surface area contributed by atoms with Crippen LogP contribution in [0.1, 0.15) is 12.0 Å². The van der Waals surface area contributed by atoms with Crippen LogP contribution in [-0.4, -0.2) is 30.4 Å². The second-order valence-electron chi connectivity index (χ2n) is 5.96. The van der Waals surface area contributed by atoms with Crippen LogP contribution in [-0.2, 0) is 17.9 Å². The highest BCUT2D eigenvalue weighted by molar-refractivity contribution is 5.89. The van der Waals surface area contributed by atoms with E-state index in [9.17, 15) is 36.9 Å². The lowest BCUT2D eigenvalue weighted by Crippen LogP contribution is -2.16. The number of aromatic nitrogens is 4. The fraction of sp³-hybridized carbons (Fsp3) is 0.188. The lowest BCUT2D eigenvalue weighted by atomic mass is 10.1. The molecule has 9 nitrogen and oxygen atoms in total. The molecule has 0 aliphatic carbocycles. The molecule has 0 radical (unpaired) electrons. The van der Waals surface area contributed by atoms with Crippen LogP contribution < -0.4 is 5.32 Å². The van der Waals surface area contributed by atoms with Gasteiger partial charge in [-0.1, -0.05) is 0 Å². The number of hydrogen-bond donors (Lipinski definition) is 1. The van der Waals surface area contributed by atoms with Crippen molar-refractivity contribution in [1.82, 2.24) is 19.6 Å². The van der Waals surface area contributed by atoms with Crippen molar-refractivity contribution in [3.8, 4) is 0 Å². The highest BCUT2D eigenvalue weighted by atomic mass is 19.2. The summed E-state index contributed by atoms with van der Waals surface area (Å²) in [4.78, 5) is 21.9. The number of halogens is 5. The number of carbonyl (C=O) groups excluding carboxylic acids is 1. The van der Waals surface area contributed by atoms with Gasteiger partial charge in [0.25, 0.3) is 0 Å². The van der Waals surface area contributed by atoms with Crippen LogP contribution in [0, 0.1) is 39.2 Å². The molecule has 0 aliphatic heterocycles. The zero-order valence-electron chi connectivity index (χ0n) is 14.8. The summed E-state index contributed by atoms with van der Waals surface area (Å²) in [5, 5.41) is 20.5. The number of nitrogens with one attached hydrogen (secondary N) is 1. The molecule has 3 rings (SSSR count). The van der Waals surface area contributed by atoms with E-state index < -0.39 is 52.0 Å². The van der Waals surface area contributed by atoms with Crippen molar-refractivity contribution in [1.29, 1.82) is 0 Å². The van der Waals surface area contributed by atoms with Gasteiger partial charge in [-0.05, 0) is 0 Å². The highest BCUT2D eigenvalue weighted by Crippen LogP contribution is 2.23. The Morgan fingerprint density at radius 3 is 2.30 bits per heavy atom. The van der Waals surface area contributed by atoms with Gasteiger partial charge in [0.1, 0.15) is 12.4 Å². The molecule has 0 atom stereocenters. The Hall–Kier alpha value is -3.84. The second kappa shape index (κ2) is 8.26. The third kappa shape index (κ3) is 4.26. The van der Waals surface area contributed by atoms with E-state index in [2.05, 4.69) is 15.5 Å². The van der Waals surface area contributed by atoms with Crippen molar-refractivity contribution < 1.29 is 31.7 Å². The van der Waals surface area contributed by atoms with Gasteiger partial charge in [0, 0.05) is 25.2 Å². The van der Waals surface area contributed by atoms with E-state index >= 15 is 0 Å². The highest BCUT2D eigenvalue weighted by Gasteiger charge is 2.26. The Bertz CT molecular complexity index is 1100. The third-order valence-electron chi connectivity index (χ3n) is 3.93. The largest absolute Gasteiger partial charge is 0.309 e. The molecule has 2 aromatic heterocycles. The Morgan fingerprint density at radius 2 is 1.70 bits per heavy atom. The maximum atomic E-state index is 13.7. The Balaban J connectivity index is 1.63. The zero-order chi connectivity index (χ0) is 22.0. The molecule has 158 valence electrons. The molecule has 0 saturated heterocycles. The summed E-state index contributed by atoms with van der Waals surface area (Å²) >= 11 is 0. The summed E-state index contributed by atoms with van der Waals surface area (Å²) in [6.45, 7) is -0.733. The minimum absolute atomic E-state index is 0.0321. The second-order valence-corrected chi connectivity index (χ2v) is 5.96. The number of rotatable bonds is 7. The molecule has 0 spiro atoms. The molecule has 0 bridgehead atoms. The lowest BCUT2D eigenvalue weighted by molar-refractivity contribution is -0.385. The van der Waals surface area contributed by atoms with Gasteiger partial charge in [0.05, 0.1) is 17.0 Å². The van der Waals surface area contributed by atoms with E-state index in [0.717, 1.165) is 17.1 Å². The molecule has 2 heterocycles. The lowest BCUT2D eigenvalue weighted by Gasteiger charge is -2.08. The molecular formula is C16H11F5N6O3. The van der Waals surface area contributed by atoms with Crippen LogP contribution in [0.2, 0.25) is 0 Å². The summed E-state index contributed by atoms with van der Waals surface area (Å²) in [7, 11) is 0. The average Bonchev–Trinajstić information content (AvgIpc) is 3.36. The Labute approximate surface area is 163 Å². The Morgan fingerprint density at radius 1 is 1.07 bits per heavy atom. The van der Waals surface area contributed by atoms with Crippen LogP contribution in [0.4, 0.5) is 33.5 Å². The standard InChI is InChI=1S/C16H11F5N6O3/c17-12-9(13(18)15(20)16(21)14(12)19)7-26-3-1-10(24-26)23-11(28)2-4-25-6-8(5-22-25)27(29)30/h1,3,5-6H,2,4,7H2,(H,23,24,28). The van der Waals surface area contributed by atoms with Gasteiger partial charge in [-0.25, -0.2) is 22.0 Å². The quantitative estimate of drug-likeness (QED) is 0.204. The van der Waals surface area contributed by atoms with Crippen molar-refractivity contribution in [3.63, 3.8) is 0 Å². The van der Waals surface area contributed by atoms with Crippen LogP contribution in [0.5, 0.6) is 0 Å². The Kier molecular flexibility index (Phi) is 5.75. The van der Waals surface area contributed by atoms with Gasteiger partial charge in [0.15, 0.2) is 29.1 Å². The van der Waals surface area contributed by atoms with E-state index in [4.69, 9.17) is 0 Å². The first kappa shape index (κ1) is 20.9. The summed E-state index contributed by atoms with van der Waals surface area (Å²) < 4.78 is 69.2. The van der Waals surface area contributed by atoms with Gasteiger partial charge in [-0.15, -0.1) is 0 Å². The summed E-state index contributed by atoms with van der Waals surface area (Å²) in [6, 6.07) is 1.25. The van der Waals surface area contributed by atoms with Crippen LogP contribution >= 0.6 is 0 Å². The fourth-order valence-electron chi connectivity index (χ4n) is 2.46. The van der Waals surface area contributed by atoms with E-state index in [1.807, 2.05) is 0 Å². The molecule has 0 aliphatic rings. The minimum Gasteiger partial charge on any atom is -0.309 e. The van der Waals surface area contributed by atoms with Gasteiger partial charge in [-0.3, -0.25) is 24.3 Å². The topological polar surface area (TPSA) is 108 Å². The maximum Gasteiger partial charge on any atom is 0.306 e. The third-order valence-corrected chi connectivity index (χ3v) is 3.93. The summed E-state index contributed by atoms with van der Waals surface area (Å²) in [5.74, 6) is -10.9. The molecule has 0 unspecified atom stereocenters. The van der Waals surface area contributed by atoms with Crippen molar-refractivity contribution in [3.05, 3.63) is 69.4 Å². The first-order chi connectivity index (χ1) is 14.2. The van der Waals surface area contributed by atoms with Crippen molar-refractivity contribution in [2.24, 2.45) is 0 Å². The monoisotopic (exact) mass is 430 g/mol. The number of anilines is 1. The molecule has 0 fully saturated rings. The molecular weight excluding hydrogens is 419 g/mol. The first-order valence-corrected chi connectivity index (χ1v) is 8.17. The van der Waals surface area contributed by atoms with Gasteiger partial charge < -0.3 is 5.32 Å². The predicted molar refractivity (Wildman–Crippen MR) is 89.7 cm³/mol. The number of hydrogen-bond acceptors (Lipinski definition) is 5. The maximum absolute atomic E-state index is 13.7. The van der Waals surface area contributed by atoms with Crippen molar-refractivity contribution >= 4 is 17.4 Å². The molecule has 1 N–H and O–H groups in total. The van der Waals surface area contributed by atoms with Crippen LogP contribution in [0.3, 0.4) is 0 Å². The van der Waals surface area contributed by atoms with Gasteiger partial charge in [-0.2, -0.15) is 10.2 Å². The van der Waals surface area contributed by atoms with Gasteiger partial charge >= 0.3 is 5.69 Å². The van der Waals surface area contributed by atoms with E-state index in [1.165, 1.54) is 16.9 Å². The molecule has 14 heteroatoms. The summed E-state index contributed by atoms with van der Waals surface area (Å²) in [6.07, 6.45) is 3.22. The average molecular weight is 430 g/mol. The molecule has 1 amide bonds. The van der Waals surface area contributed by atoms with Crippen molar-refractivity contribution in [2.75, 3.05) is 5.32 Å². The van der Waals surface area contributed by atoms with Crippen molar-refractivity contribution in [2.45, 2.75) is 19.5 Å². The first-order valence-electron chi connectivity index (χ1n) is 8.17. The number of aryl methyl sites for hydroxylation is 1. The van der Waals surface area contributed by atoms with E-state index in [0.29, 0.717) is 0 Å². The van der Waals surface area contributed by atoms with Gasteiger partial charge in [0.2, 0.25) is 11.7 Å². The zero-order valence-corrected chi connectivity index (χ0v) is 14.8. The normalized spacial score (nSPS) is 11.0. The van der Waals surface area contributed by atoms with E-state index in [-0.39, 0.29) is 24.5 Å². The number of benzene rings is 1. The molecule has 1 aromatic carbocycles. The molecule has 30 heavy (non-hydrogen) atoms. The molecule has 0 saturated carbocycles.